The van der Waals surface area contributed by atoms with Gasteiger partial charge in [-0.1, -0.05) is 23.7 Å². The van der Waals surface area contributed by atoms with Crippen LogP contribution in [0.1, 0.15) is 0 Å². The maximum Gasteiger partial charge on any atom is 0.268 e. The molecule has 0 unspecified atom stereocenters. The molecule has 0 spiro atoms. The number of aromatic nitrogens is 2. The molecule has 0 saturated carbocycles. The van der Waals surface area contributed by atoms with Crippen LogP contribution in [-0.4, -0.2) is 17.4 Å². The summed E-state index contributed by atoms with van der Waals surface area (Å²) in [4.78, 5) is 4.36. The number of halogens is 1. The van der Waals surface area contributed by atoms with Crippen molar-refractivity contribution in [3.8, 4) is 11.3 Å². The summed E-state index contributed by atoms with van der Waals surface area (Å²) in [5, 5.41) is 2.03. The molecule has 4 nitrogen and oxygen atoms in total. The zero-order valence-electron chi connectivity index (χ0n) is 10.1. The normalized spacial score (nSPS) is 11.7. The first-order valence-electron chi connectivity index (χ1n) is 5.66. The topological polar surface area (TPSA) is 52.0 Å². The van der Waals surface area contributed by atoms with Crippen LogP contribution in [0.4, 0.5) is 0 Å². The fraction of sp³-hybridized carbons (Fsp3) is 0. The molecule has 0 aliphatic carbocycles. The molecule has 1 aromatic carbocycles. The van der Waals surface area contributed by atoms with Gasteiger partial charge in [-0.15, -0.1) is 11.3 Å². The summed E-state index contributed by atoms with van der Waals surface area (Å²) in [6.45, 7) is 0. The number of hydrogen-bond donors (Lipinski definition) is 0. The number of thiazole rings is 1. The monoisotopic (exact) mass is 324 g/mol. The Morgan fingerprint density at radius 1 is 1.20 bits per heavy atom. The summed E-state index contributed by atoms with van der Waals surface area (Å²) >= 11 is 7.35. The largest absolute Gasteiger partial charge is 0.268 e. The highest BCUT2D eigenvalue weighted by molar-refractivity contribution is 7.90. The van der Waals surface area contributed by atoms with E-state index in [1.165, 1.54) is 23.6 Å². The van der Waals surface area contributed by atoms with Crippen LogP contribution < -0.4 is 0 Å². The summed E-state index contributed by atoms with van der Waals surface area (Å²) in [7, 11) is -3.68. The maximum atomic E-state index is 12.5. The van der Waals surface area contributed by atoms with Crippen LogP contribution in [-0.2, 0) is 10.0 Å². The van der Waals surface area contributed by atoms with E-state index in [1.54, 1.807) is 29.8 Å². The highest BCUT2D eigenvalue weighted by Crippen LogP contribution is 2.25. The minimum Gasteiger partial charge on any atom is -0.245 e. The van der Waals surface area contributed by atoms with E-state index in [1.807, 2.05) is 11.4 Å². The fourth-order valence-corrected chi connectivity index (χ4v) is 4.06. The lowest BCUT2D eigenvalue weighted by Crippen LogP contribution is -2.11. The van der Waals surface area contributed by atoms with E-state index in [0.717, 1.165) is 15.2 Å². The smallest absolute Gasteiger partial charge is 0.245 e. The van der Waals surface area contributed by atoms with Gasteiger partial charge in [-0.05, 0) is 24.3 Å². The zero-order valence-corrected chi connectivity index (χ0v) is 12.5. The summed E-state index contributed by atoms with van der Waals surface area (Å²) < 4.78 is 26.0. The minimum absolute atomic E-state index is 0.157. The summed E-state index contributed by atoms with van der Waals surface area (Å²) in [6.07, 6.45) is 1.42. The summed E-state index contributed by atoms with van der Waals surface area (Å²) in [5.41, 5.74) is 3.22. The molecule has 0 saturated heterocycles. The van der Waals surface area contributed by atoms with Crippen LogP contribution in [0, 0.1) is 0 Å². The van der Waals surface area contributed by atoms with E-state index in [9.17, 15) is 8.42 Å². The Labute approximate surface area is 125 Å². The van der Waals surface area contributed by atoms with Crippen molar-refractivity contribution >= 4 is 33.0 Å². The molecule has 0 aliphatic heterocycles. The minimum atomic E-state index is -3.68. The van der Waals surface area contributed by atoms with Crippen LogP contribution >= 0.6 is 22.9 Å². The lowest BCUT2D eigenvalue weighted by atomic mass is 10.2. The molecule has 0 amide bonds. The molecule has 3 aromatic rings. The Morgan fingerprint density at radius 3 is 2.70 bits per heavy atom. The first-order chi connectivity index (χ1) is 9.59. The van der Waals surface area contributed by atoms with Crippen LogP contribution in [0.25, 0.3) is 11.3 Å². The van der Waals surface area contributed by atoms with E-state index >= 15 is 0 Å². The van der Waals surface area contributed by atoms with E-state index in [-0.39, 0.29) is 10.0 Å². The average Bonchev–Trinajstić information content (AvgIpc) is 3.10. The van der Waals surface area contributed by atoms with Gasteiger partial charge < -0.3 is 0 Å². The molecule has 0 bridgehead atoms. The SMILES string of the molecule is O=S(=O)(c1cccc(-c2cscn2)c1)n1cccc1Cl. The first kappa shape index (κ1) is 13.4. The van der Waals surface area contributed by atoms with Gasteiger partial charge >= 0.3 is 0 Å². The second-order valence-electron chi connectivity index (χ2n) is 4.03. The van der Waals surface area contributed by atoms with Gasteiger partial charge in [0.25, 0.3) is 10.0 Å². The van der Waals surface area contributed by atoms with Crippen molar-refractivity contribution in [2.24, 2.45) is 0 Å². The third-order valence-corrected chi connectivity index (χ3v) is 5.47. The highest BCUT2D eigenvalue weighted by atomic mass is 35.5. The van der Waals surface area contributed by atoms with Crippen molar-refractivity contribution < 1.29 is 8.42 Å². The van der Waals surface area contributed by atoms with Gasteiger partial charge in [-0.2, -0.15) is 0 Å². The van der Waals surface area contributed by atoms with E-state index in [4.69, 9.17) is 11.6 Å². The van der Waals surface area contributed by atoms with E-state index in [2.05, 4.69) is 4.98 Å². The van der Waals surface area contributed by atoms with Gasteiger partial charge in [-0.3, -0.25) is 0 Å². The third kappa shape index (κ3) is 2.26. The molecule has 0 N–H and O–H groups in total. The van der Waals surface area contributed by atoms with Crippen molar-refractivity contribution in [3.05, 3.63) is 58.6 Å². The summed E-state index contributed by atoms with van der Waals surface area (Å²) in [6, 6.07) is 9.78. The second kappa shape index (κ2) is 5.05. The molecular formula is C13H9ClN2O2S2. The number of hydrogen-bond acceptors (Lipinski definition) is 4. The van der Waals surface area contributed by atoms with Crippen molar-refractivity contribution in [2.45, 2.75) is 4.90 Å². The molecule has 0 radical (unpaired) electrons. The average molecular weight is 325 g/mol. The lowest BCUT2D eigenvalue weighted by Gasteiger charge is -2.08. The van der Waals surface area contributed by atoms with Gasteiger partial charge in [0.15, 0.2) is 0 Å². The molecule has 20 heavy (non-hydrogen) atoms. The van der Waals surface area contributed by atoms with Crippen molar-refractivity contribution in [2.75, 3.05) is 0 Å². The molecule has 7 heteroatoms. The standard InChI is InChI=1S/C13H9ClN2O2S2/c14-13-5-2-6-16(13)20(17,18)11-4-1-3-10(7-11)12-8-19-9-15-12/h1-9H. The zero-order chi connectivity index (χ0) is 14.2. The molecule has 0 fully saturated rings. The molecule has 0 aliphatic rings. The van der Waals surface area contributed by atoms with Crippen LogP contribution in [0.3, 0.4) is 0 Å². The first-order valence-corrected chi connectivity index (χ1v) is 8.42. The number of benzene rings is 1. The quantitative estimate of drug-likeness (QED) is 0.741. The Balaban J connectivity index is 2.12. The van der Waals surface area contributed by atoms with Crippen LogP contribution in [0.2, 0.25) is 5.15 Å². The summed E-state index contributed by atoms with van der Waals surface area (Å²) in [5.74, 6) is 0. The Kier molecular flexibility index (Phi) is 3.37. The van der Waals surface area contributed by atoms with Crippen LogP contribution in [0.5, 0.6) is 0 Å². The molecule has 3 rings (SSSR count). The van der Waals surface area contributed by atoms with Gasteiger partial charge in [-0.25, -0.2) is 17.4 Å². The van der Waals surface area contributed by atoms with Gasteiger partial charge in [0, 0.05) is 17.1 Å². The Hall–Kier alpha value is -1.63. The lowest BCUT2D eigenvalue weighted by molar-refractivity contribution is 0.587. The van der Waals surface area contributed by atoms with Gasteiger partial charge in [0.1, 0.15) is 5.15 Å². The van der Waals surface area contributed by atoms with Gasteiger partial charge in [0.05, 0.1) is 16.1 Å². The molecule has 0 atom stereocenters. The molecule has 2 heterocycles. The highest BCUT2D eigenvalue weighted by Gasteiger charge is 2.19. The van der Waals surface area contributed by atoms with Gasteiger partial charge in [0.2, 0.25) is 0 Å². The molecule has 102 valence electrons. The number of rotatable bonds is 3. The Morgan fingerprint density at radius 2 is 2.05 bits per heavy atom. The van der Waals surface area contributed by atoms with Crippen molar-refractivity contribution in [1.82, 2.24) is 8.96 Å². The predicted octanol–water partition coefficient (Wildman–Crippen LogP) is 3.50. The third-order valence-electron chi connectivity index (χ3n) is 2.78. The van der Waals surface area contributed by atoms with E-state index in [0.29, 0.717) is 0 Å². The van der Waals surface area contributed by atoms with Crippen molar-refractivity contribution in [1.29, 1.82) is 0 Å². The Bertz CT molecular complexity index is 839. The molecular weight excluding hydrogens is 316 g/mol. The maximum absolute atomic E-state index is 12.5. The second-order valence-corrected chi connectivity index (χ2v) is 6.95. The fourth-order valence-electron chi connectivity index (χ4n) is 1.82. The van der Waals surface area contributed by atoms with Crippen molar-refractivity contribution in [3.63, 3.8) is 0 Å². The predicted molar refractivity (Wildman–Crippen MR) is 79.6 cm³/mol. The van der Waals surface area contributed by atoms with Crippen LogP contribution in [0.15, 0.2) is 58.4 Å². The van der Waals surface area contributed by atoms with E-state index < -0.39 is 10.0 Å². The number of nitrogens with zero attached hydrogens (tertiary/aromatic N) is 2. The molecule has 2 aromatic heterocycles.